The lowest BCUT2D eigenvalue weighted by Gasteiger charge is -2.00. The molecule has 0 aromatic rings. The van der Waals surface area contributed by atoms with Crippen LogP contribution < -0.4 is 10.0 Å². The van der Waals surface area contributed by atoms with Gasteiger partial charge in [-0.05, 0) is 6.08 Å². The summed E-state index contributed by atoms with van der Waals surface area (Å²) in [5.74, 6) is -0.527. The summed E-state index contributed by atoms with van der Waals surface area (Å²) < 4.78 is 29.7. The average Bonchev–Trinajstić information content (AvgIpc) is 1.85. The number of amides is 1. The molecule has 0 radical (unpaired) electrons. The molecule has 0 aliphatic heterocycles. The van der Waals surface area contributed by atoms with E-state index >= 15 is 0 Å². The van der Waals surface area contributed by atoms with Crippen LogP contribution in [0.1, 0.15) is 0 Å². The van der Waals surface area contributed by atoms with Crippen LogP contribution in [0, 0.1) is 0 Å². The first-order valence-electron chi connectivity index (χ1n) is 2.58. The van der Waals surface area contributed by atoms with Gasteiger partial charge in [-0.2, -0.15) is 13.1 Å². The molecule has 0 atom stereocenters. The van der Waals surface area contributed by atoms with Gasteiger partial charge >= 0.3 is 10.3 Å². The fraction of sp³-hybridized carbons (Fsp3) is 0.250. The second-order valence-electron chi connectivity index (χ2n) is 1.54. The molecule has 7 heteroatoms. The SMILES string of the molecule is C=CC(=O)NCNS(=O)(=O)O. The Bertz CT molecular complexity index is 245. The molecule has 0 aromatic heterocycles. The zero-order valence-corrected chi connectivity index (χ0v) is 6.39. The van der Waals surface area contributed by atoms with Gasteiger partial charge < -0.3 is 5.32 Å². The fourth-order valence-electron chi connectivity index (χ4n) is 0.287. The zero-order valence-electron chi connectivity index (χ0n) is 5.57. The molecule has 0 bridgehead atoms. The predicted molar refractivity (Wildman–Crippen MR) is 37.9 cm³/mol. The second-order valence-corrected chi connectivity index (χ2v) is 2.78. The zero-order chi connectivity index (χ0) is 8.91. The molecule has 0 aromatic carbocycles. The van der Waals surface area contributed by atoms with Gasteiger partial charge in [-0.15, -0.1) is 0 Å². The number of hydrogen-bond acceptors (Lipinski definition) is 3. The van der Waals surface area contributed by atoms with E-state index in [0.29, 0.717) is 0 Å². The van der Waals surface area contributed by atoms with Gasteiger partial charge in [0.05, 0.1) is 6.67 Å². The molecule has 0 aliphatic carbocycles. The normalized spacial score (nSPS) is 10.6. The maximum atomic E-state index is 10.4. The van der Waals surface area contributed by atoms with Crippen molar-refractivity contribution in [1.29, 1.82) is 0 Å². The third kappa shape index (κ3) is 6.97. The smallest absolute Gasteiger partial charge is 0.334 e. The number of carbonyl (C=O) groups is 1. The van der Waals surface area contributed by atoms with Crippen molar-refractivity contribution in [2.45, 2.75) is 0 Å². The van der Waals surface area contributed by atoms with E-state index in [9.17, 15) is 13.2 Å². The highest BCUT2D eigenvalue weighted by molar-refractivity contribution is 7.83. The van der Waals surface area contributed by atoms with Gasteiger partial charge in [-0.3, -0.25) is 9.35 Å². The highest BCUT2D eigenvalue weighted by atomic mass is 32.2. The maximum absolute atomic E-state index is 10.4. The van der Waals surface area contributed by atoms with E-state index in [2.05, 4.69) is 11.9 Å². The van der Waals surface area contributed by atoms with E-state index in [-0.39, 0.29) is 6.67 Å². The summed E-state index contributed by atoms with van der Waals surface area (Å²) in [5, 5.41) is 2.08. The third-order valence-electron chi connectivity index (χ3n) is 0.703. The first-order valence-corrected chi connectivity index (χ1v) is 4.02. The van der Waals surface area contributed by atoms with Crippen LogP contribution in [0.25, 0.3) is 0 Å². The average molecular weight is 180 g/mol. The minimum atomic E-state index is -4.23. The summed E-state index contributed by atoms with van der Waals surface area (Å²) in [7, 11) is -4.23. The van der Waals surface area contributed by atoms with Crippen molar-refractivity contribution in [1.82, 2.24) is 10.0 Å². The minimum absolute atomic E-state index is 0.357. The third-order valence-corrected chi connectivity index (χ3v) is 1.21. The Labute approximate surface area is 64.2 Å². The molecule has 6 nitrogen and oxygen atoms in total. The summed E-state index contributed by atoms with van der Waals surface area (Å²) in [4.78, 5) is 10.4. The molecule has 3 N–H and O–H groups in total. The first kappa shape index (κ1) is 10.1. The molecule has 0 unspecified atom stereocenters. The number of nitrogens with one attached hydrogen (secondary N) is 2. The predicted octanol–water partition coefficient (Wildman–Crippen LogP) is -1.36. The van der Waals surface area contributed by atoms with Crippen LogP contribution in [-0.4, -0.2) is 25.5 Å². The number of carbonyl (C=O) groups excluding carboxylic acids is 1. The van der Waals surface area contributed by atoms with Crippen molar-refractivity contribution in [3.05, 3.63) is 12.7 Å². The van der Waals surface area contributed by atoms with Crippen LogP contribution in [-0.2, 0) is 15.1 Å². The molecule has 0 saturated carbocycles. The summed E-state index contributed by atoms with van der Waals surface area (Å²) in [6.45, 7) is 2.77. The van der Waals surface area contributed by atoms with Crippen LogP contribution in [0.5, 0.6) is 0 Å². The second kappa shape index (κ2) is 4.06. The molecule has 11 heavy (non-hydrogen) atoms. The largest absolute Gasteiger partial charge is 0.339 e. The van der Waals surface area contributed by atoms with E-state index in [1.165, 1.54) is 0 Å². The van der Waals surface area contributed by atoms with Crippen LogP contribution in [0.2, 0.25) is 0 Å². The lowest BCUT2D eigenvalue weighted by Crippen LogP contribution is -2.35. The van der Waals surface area contributed by atoms with Crippen LogP contribution >= 0.6 is 0 Å². The van der Waals surface area contributed by atoms with Crippen LogP contribution in [0.4, 0.5) is 0 Å². The molecule has 0 rings (SSSR count). The Hall–Kier alpha value is -0.920. The highest BCUT2D eigenvalue weighted by Crippen LogP contribution is 1.69. The van der Waals surface area contributed by atoms with Crippen molar-refractivity contribution in [3.63, 3.8) is 0 Å². The van der Waals surface area contributed by atoms with E-state index in [4.69, 9.17) is 4.55 Å². The van der Waals surface area contributed by atoms with Gasteiger partial charge in [-0.25, -0.2) is 0 Å². The van der Waals surface area contributed by atoms with Crippen molar-refractivity contribution in [2.75, 3.05) is 6.67 Å². The van der Waals surface area contributed by atoms with Gasteiger partial charge in [-0.1, -0.05) is 6.58 Å². The highest BCUT2D eigenvalue weighted by Gasteiger charge is 2.01. The summed E-state index contributed by atoms with van der Waals surface area (Å²) in [6.07, 6.45) is 0.978. The number of rotatable bonds is 4. The van der Waals surface area contributed by atoms with Crippen LogP contribution in [0.3, 0.4) is 0 Å². The standard InChI is InChI=1S/C4H8N2O4S/c1-2-4(7)5-3-6-11(8,9)10/h2,6H,1,3H2,(H,5,7)(H,8,9,10). The van der Waals surface area contributed by atoms with Crippen molar-refractivity contribution in [2.24, 2.45) is 0 Å². The monoisotopic (exact) mass is 180 g/mol. The lowest BCUT2D eigenvalue weighted by molar-refractivity contribution is -0.116. The number of hydrogen-bond donors (Lipinski definition) is 3. The maximum Gasteiger partial charge on any atom is 0.334 e. The topological polar surface area (TPSA) is 95.5 Å². The van der Waals surface area contributed by atoms with E-state index in [1.807, 2.05) is 0 Å². The van der Waals surface area contributed by atoms with Gasteiger partial charge in [0, 0.05) is 0 Å². The summed E-state index contributed by atoms with van der Waals surface area (Å²) in [5.41, 5.74) is 0. The van der Waals surface area contributed by atoms with Gasteiger partial charge in [0.2, 0.25) is 5.91 Å². The van der Waals surface area contributed by atoms with Crippen molar-refractivity contribution < 1.29 is 17.8 Å². The van der Waals surface area contributed by atoms with Gasteiger partial charge in [0.15, 0.2) is 0 Å². The van der Waals surface area contributed by atoms with Gasteiger partial charge in [0.1, 0.15) is 0 Å². The van der Waals surface area contributed by atoms with E-state index in [0.717, 1.165) is 6.08 Å². The summed E-state index contributed by atoms with van der Waals surface area (Å²) >= 11 is 0. The Morgan fingerprint density at radius 3 is 2.55 bits per heavy atom. The molecular weight excluding hydrogens is 172 g/mol. The van der Waals surface area contributed by atoms with Crippen LogP contribution in [0.15, 0.2) is 12.7 Å². The first-order chi connectivity index (χ1) is 4.95. The van der Waals surface area contributed by atoms with E-state index < -0.39 is 16.2 Å². The Morgan fingerprint density at radius 1 is 1.64 bits per heavy atom. The van der Waals surface area contributed by atoms with E-state index in [1.54, 1.807) is 4.72 Å². The van der Waals surface area contributed by atoms with Gasteiger partial charge in [0.25, 0.3) is 0 Å². The Morgan fingerprint density at radius 2 is 2.18 bits per heavy atom. The molecule has 0 heterocycles. The molecule has 0 aliphatic rings. The molecule has 0 spiro atoms. The quantitative estimate of drug-likeness (QED) is 0.283. The Balaban J connectivity index is 3.59. The summed E-state index contributed by atoms with van der Waals surface area (Å²) in [6, 6.07) is 0. The molecule has 0 fully saturated rings. The molecule has 64 valence electrons. The molecule has 1 amide bonds. The lowest BCUT2D eigenvalue weighted by atomic mass is 10.6. The molecular formula is C4H8N2O4S. The fourth-order valence-corrected chi connectivity index (χ4v) is 0.541. The van der Waals surface area contributed by atoms with Crippen molar-refractivity contribution in [3.8, 4) is 0 Å². The molecule has 0 saturated heterocycles. The Kier molecular flexibility index (Phi) is 3.72. The minimum Gasteiger partial charge on any atom is -0.339 e. The van der Waals surface area contributed by atoms with Crippen molar-refractivity contribution >= 4 is 16.2 Å².